The molecule has 2 heteroatoms. The molecule has 102 valence electrons. The number of unbranched alkanes of at least 4 members (excludes halogenated alkanes) is 1. The van der Waals surface area contributed by atoms with Gasteiger partial charge in [-0.25, -0.2) is 0 Å². The zero-order valence-corrected chi connectivity index (χ0v) is 12.0. The van der Waals surface area contributed by atoms with Crippen molar-refractivity contribution in [2.45, 2.75) is 70.8 Å². The van der Waals surface area contributed by atoms with E-state index in [4.69, 9.17) is 0 Å². The molecule has 1 fully saturated rings. The van der Waals surface area contributed by atoms with Crippen LogP contribution in [-0.4, -0.2) is 37.6 Å². The van der Waals surface area contributed by atoms with Gasteiger partial charge in [-0.3, -0.25) is 0 Å². The lowest BCUT2D eigenvalue weighted by atomic mass is 10.1. The molecule has 0 aromatic carbocycles. The van der Waals surface area contributed by atoms with E-state index in [1.807, 2.05) is 0 Å². The Balaban J connectivity index is 2.01. The molecule has 0 aliphatic heterocycles. The maximum absolute atomic E-state index is 3.48. The van der Waals surface area contributed by atoms with Gasteiger partial charge in [0.2, 0.25) is 0 Å². The van der Waals surface area contributed by atoms with Crippen molar-refractivity contribution in [2.75, 3.05) is 26.7 Å². The summed E-state index contributed by atoms with van der Waals surface area (Å²) in [6.45, 7) is 5.90. The molecule has 1 N–H and O–H groups in total. The van der Waals surface area contributed by atoms with E-state index >= 15 is 0 Å². The van der Waals surface area contributed by atoms with E-state index in [2.05, 4.69) is 24.2 Å². The van der Waals surface area contributed by atoms with Crippen LogP contribution >= 0.6 is 0 Å². The van der Waals surface area contributed by atoms with Gasteiger partial charge in [-0.05, 0) is 58.8 Å². The molecule has 0 unspecified atom stereocenters. The predicted octanol–water partition coefficient (Wildman–Crippen LogP) is 3.42. The molecule has 2 nitrogen and oxygen atoms in total. The summed E-state index contributed by atoms with van der Waals surface area (Å²) in [7, 11) is 2.33. The average molecular weight is 240 g/mol. The van der Waals surface area contributed by atoms with Crippen LogP contribution in [0.25, 0.3) is 0 Å². The van der Waals surface area contributed by atoms with Gasteiger partial charge in [0, 0.05) is 6.04 Å². The predicted molar refractivity (Wildman–Crippen MR) is 76.5 cm³/mol. The molecule has 0 saturated heterocycles. The topological polar surface area (TPSA) is 15.3 Å². The van der Waals surface area contributed by atoms with Gasteiger partial charge in [0.25, 0.3) is 0 Å². The molecule has 0 bridgehead atoms. The van der Waals surface area contributed by atoms with Gasteiger partial charge in [-0.2, -0.15) is 0 Å². The molecular weight excluding hydrogens is 208 g/mol. The smallest absolute Gasteiger partial charge is 0.00922 e. The van der Waals surface area contributed by atoms with Gasteiger partial charge in [-0.1, -0.05) is 32.6 Å². The number of hydrogen-bond acceptors (Lipinski definition) is 2. The van der Waals surface area contributed by atoms with Crippen molar-refractivity contribution in [1.82, 2.24) is 10.2 Å². The van der Waals surface area contributed by atoms with E-state index in [1.165, 1.54) is 77.4 Å². The molecule has 0 heterocycles. The second kappa shape index (κ2) is 9.90. The van der Waals surface area contributed by atoms with Gasteiger partial charge >= 0.3 is 0 Å². The van der Waals surface area contributed by atoms with Crippen LogP contribution in [0, 0.1) is 0 Å². The van der Waals surface area contributed by atoms with Crippen LogP contribution in [0.4, 0.5) is 0 Å². The minimum atomic E-state index is 0.876. The number of nitrogens with zero attached hydrogens (tertiary/aromatic N) is 1. The van der Waals surface area contributed by atoms with E-state index in [9.17, 15) is 0 Å². The summed E-state index contributed by atoms with van der Waals surface area (Å²) in [5, 5.41) is 3.48. The Labute approximate surface area is 108 Å². The Morgan fingerprint density at radius 2 is 1.71 bits per heavy atom. The second-order valence-corrected chi connectivity index (χ2v) is 5.58. The highest BCUT2D eigenvalue weighted by atomic mass is 15.1. The lowest BCUT2D eigenvalue weighted by Gasteiger charge is -2.27. The van der Waals surface area contributed by atoms with Gasteiger partial charge in [-0.15, -0.1) is 0 Å². The highest BCUT2D eigenvalue weighted by molar-refractivity contribution is 4.72. The van der Waals surface area contributed by atoms with Crippen molar-refractivity contribution in [3.63, 3.8) is 0 Å². The van der Waals surface area contributed by atoms with Crippen LogP contribution in [-0.2, 0) is 0 Å². The fourth-order valence-corrected chi connectivity index (χ4v) is 2.79. The summed E-state index contributed by atoms with van der Waals surface area (Å²) in [6, 6.07) is 0.876. The lowest BCUT2D eigenvalue weighted by molar-refractivity contribution is 0.217. The van der Waals surface area contributed by atoms with E-state index in [1.54, 1.807) is 0 Å². The largest absolute Gasteiger partial charge is 0.317 e. The number of rotatable bonds is 8. The van der Waals surface area contributed by atoms with Crippen LogP contribution < -0.4 is 5.32 Å². The Bertz CT molecular complexity index is 162. The number of hydrogen-bond donors (Lipinski definition) is 1. The van der Waals surface area contributed by atoms with Crippen molar-refractivity contribution in [3.8, 4) is 0 Å². The molecule has 0 aromatic heterocycles. The highest BCUT2D eigenvalue weighted by Gasteiger charge is 2.15. The van der Waals surface area contributed by atoms with Crippen LogP contribution in [0.3, 0.4) is 0 Å². The molecule has 0 atom stereocenters. The highest BCUT2D eigenvalue weighted by Crippen LogP contribution is 2.21. The van der Waals surface area contributed by atoms with Crippen molar-refractivity contribution in [1.29, 1.82) is 0 Å². The fraction of sp³-hybridized carbons (Fsp3) is 1.00. The first-order valence-corrected chi connectivity index (χ1v) is 7.75. The number of nitrogens with one attached hydrogen (secondary N) is 1. The van der Waals surface area contributed by atoms with Crippen LogP contribution in [0.1, 0.15) is 64.7 Å². The first kappa shape index (κ1) is 15.0. The quantitative estimate of drug-likeness (QED) is 0.516. The molecule has 1 aliphatic carbocycles. The maximum atomic E-state index is 3.48. The molecule has 1 rings (SSSR count). The molecule has 0 spiro atoms. The third-order valence-electron chi connectivity index (χ3n) is 3.99. The van der Waals surface area contributed by atoms with Crippen LogP contribution in [0.5, 0.6) is 0 Å². The Hall–Kier alpha value is -0.0800. The zero-order chi connectivity index (χ0) is 12.3. The summed E-state index contributed by atoms with van der Waals surface area (Å²) >= 11 is 0. The average Bonchev–Trinajstić information content (AvgIpc) is 2.62. The van der Waals surface area contributed by atoms with Crippen molar-refractivity contribution < 1.29 is 0 Å². The summed E-state index contributed by atoms with van der Waals surface area (Å²) in [6.07, 6.45) is 12.6. The first-order chi connectivity index (χ1) is 8.34. The zero-order valence-electron chi connectivity index (χ0n) is 12.0. The van der Waals surface area contributed by atoms with Crippen LogP contribution in [0.2, 0.25) is 0 Å². The standard InChI is InChI=1S/C15H32N2/c1-3-12-16-13-8-9-14-17(2)15-10-6-4-5-7-11-15/h15-16H,3-14H2,1-2H3. The van der Waals surface area contributed by atoms with Crippen molar-refractivity contribution in [2.24, 2.45) is 0 Å². The van der Waals surface area contributed by atoms with Gasteiger partial charge < -0.3 is 10.2 Å². The Morgan fingerprint density at radius 1 is 1.00 bits per heavy atom. The fourth-order valence-electron chi connectivity index (χ4n) is 2.79. The minimum Gasteiger partial charge on any atom is -0.317 e. The van der Waals surface area contributed by atoms with Crippen molar-refractivity contribution >= 4 is 0 Å². The lowest BCUT2D eigenvalue weighted by Crippen LogP contribution is -2.32. The van der Waals surface area contributed by atoms with Gasteiger partial charge in [0.05, 0.1) is 0 Å². The third kappa shape index (κ3) is 7.05. The van der Waals surface area contributed by atoms with Crippen LogP contribution in [0.15, 0.2) is 0 Å². The van der Waals surface area contributed by atoms with Crippen molar-refractivity contribution in [3.05, 3.63) is 0 Å². The molecular formula is C15H32N2. The summed E-state index contributed by atoms with van der Waals surface area (Å²) in [4.78, 5) is 2.62. The summed E-state index contributed by atoms with van der Waals surface area (Å²) in [5.41, 5.74) is 0. The molecule has 0 radical (unpaired) electrons. The third-order valence-corrected chi connectivity index (χ3v) is 3.99. The maximum Gasteiger partial charge on any atom is 0.00922 e. The summed E-state index contributed by atoms with van der Waals surface area (Å²) < 4.78 is 0. The van der Waals surface area contributed by atoms with Gasteiger partial charge in [0.15, 0.2) is 0 Å². The Morgan fingerprint density at radius 3 is 2.35 bits per heavy atom. The molecule has 0 aromatic rings. The molecule has 17 heavy (non-hydrogen) atoms. The molecule has 0 amide bonds. The van der Waals surface area contributed by atoms with E-state index in [0.29, 0.717) is 0 Å². The van der Waals surface area contributed by atoms with E-state index in [0.717, 1.165) is 6.04 Å². The summed E-state index contributed by atoms with van der Waals surface area (Å²) in [5.74, 6) is 0. The minimum absolute atomic E-state index is 0.876. The normalized spacial score (nSPS) is 18.5. The SMILES string of the molecule is CCCNCCCCN(C)C1CCCCCC1. The molecule has 1 aliphatic rings. The Kier molecular flexibility index (Phi) is 8.72. The first-order valence-electron chi connectivity index (χ1n) is 7.75. The van der Waals surface area contributed by atoms with E-state index in [-0.39, 0.29) is 0 Å². The van der Waals surface area contributed by atoms with Gasteiger partial charge in [0.1, 0.15) is 0 Å². The monoisotopic (exact) mass is 240 g/mol. The molecule has 1 saturated carbocycles. The second-order valence-electron chi connectivity index (χ2n) is 5.58. The van der Waals surface area contributed by atoms with E-state index < -0.39 is 0 Å².